The molecule has 0 aromatic heterocycles. The van der Waals surface area contributed by atoms with Crippen LogP contribution in [-0.4, -0.2) is 29.1 Å². The first-order valence-corrected chi connectivity index (χ1v) is 9.28. The van der Waals surface area contributed by atoms with E-state index in [9.17, 15) is 0 Å². The standard InChI is InChI=1S/C20H22N2S/c1-15-9-11-17(12-10-15)23-19-8-5-13-22-14-18(21-20(19)22)16-6-3-2-4-7-16/h2-4,6-7,9-12,18-19H,5,8,13-14H2,1H3. The monoisotopic (exact) mass is 322 g/mol. The summed E-state index contributed by atoms with van der Waals surface area (Å²) in [6.07, 6.45) is 2.50. The van der Waals surface area contributed by atoms with Crippen LogP contribution in [0.15, 0.2) is 64.5 Å². The molecule has 23 heavy (non-hydrogen) atoms. The van der Waals surface area contributed by atoms with E-state index in [0.717, 1.165) is 13.1 Å². The van der Waals surface area contributed by atoms with E-state index < -0.39 is 0 Å². The van der Waals surface area contributed by atoms with Crippen LogP contribution in [-0.2, 0) is 0 Å². The van der Waals surface area contributed by atoms with Crippen LogP contribution in [0.1, 0.15) is 30.0 Å². The van der Waals surface area contributed by atoms with Crippen molar-refractivity contribution in [3.63, 3.8) is 0 Å². The molecule has 1 saturated heterocycles. The van der Waals surface area contributed by atoms with Crippen molar-refractivity contribution >= 4 is 17.6 Å². The van der Waals surface area contributed by atoms with Gasteiger partial charge in [0.15, 0.2) is 0 Å². The van der Waals surface area contributed by atoms with Crippen molar-refractivity contribution < 1.29 is 0 Å². The third-order valence-corrected chi connectivity index (χ3v) is 5.95. The Balaban J connectivity index is 1.55. The van der Waals surface area contributed by atoms with E-state index >= 15 is 0 Å². The predicted octanol–water partition coefficient (Wildman–Crippen LogP) is 4.70. The first kappa shape index (κ1) is 14.8. The number of aliphatic imine (C=N–C) groups is 1. The molecule has 4 rings (SSSR count). The maximum Gasteiger partial charge on any atom is 0.113 e. The van der Waals surface area contributed by atoms with Crippen molar-refractivity contribution in [3.8, 4) is 0 Å². The molecule has 0 spiro atoms. The topological polar surface area (TPSA) is 15.6 Å². The fraction of sp³-hybridized carbons (Fsp3) is 0.350. The molecule has 2 aromatic carbocycles. The first-order valence-electron chi connectivity index (χ1n) is 8.40. The number of hydrogen-bond donors (Lipinski definition) is 0. The molecular formula is C20H22N2S. The van der Waals surface area contributed by atoms with Gasteiger partial charge in [0.05, 0.1) is 11.3 Å². The molecule has 2 heterocycles. The fourth-order valence-corrected chi connectivity index (χ4v) is 4.64. The van der Waals surface area contributed by atoms with Gasteiger partial charge in [-0.1, -0.05) is 48.0 Å². The van der Waals surface area contributed by atoms with Crippen LogP contribution in [0.3, 0.4) is 0 Å². The number of nitrogens with zero attached hydrogens (tertiary/aromatic N) is 2. The molecule has 2 nitrogen and oxygen atoms in total. The van der Waals surface area contributed by atoms with Gasteiger partial charge in [0.25, 0.3) is 0 Å². The van der Waals surface area contributed by atoms with Gasteiger partial charge in [0, 0.05) is 18.0 Å². The quantitative estimate of drug-likeness (QED) is 0.813. The fourth-order valence-electron chi connectivity index (χ4n) is 3.42. The molecule has 3 heteroatoms. The van der Waals surface area contributed by atoms with Crippen molar-refractivity contribution in [1.82, 2.24) is 4.90 Å². The second-order valence-electron chi connectivity index (χ2n) is 6.42. The summed E-state index contributed by atoms with van der Waals surface area (Å²) < 4.78 is 0. The molecule has 0 N–H and O–H groups in total. The second-order valence-corrected chi connectivity index (χ2v) is 7.70. The number of rotatable bonds is 3. The van der Waals surface area contributed by atoms with E-state index in [1.807, 2.05) is 11.8 Å². The summed E-state index contributed by atoms with van der Waals surface area (Å²) in [6, 6.07) is 19.9. The van der Waals surface area contributed by atoms with Crippen molar-refractivity contribution in [2.24, 2.45) is 4.99 Å². The van der Waals surface area contributed by atoms with Crippen molar-refractivity contribution in [3.05, 3.63) is 65.7 Å². The van der Waals surface area contributed by atoms with Gasteiger partial charge in [-0.2, -0.15) is 0 Å². The zero-order valence-electron chi connectivity index (χ0n) is 13.5. The maximum atomic E-state index is 5.10. The molecule has 2 unspecified atom stereocenters. The lowest BCUT2D eigenvalue weighted by Crippen LogP contribution is -2.40. The van der Waals surface area contributed by atoms with E-state index in [4.69, 9.17) is 4.99 Å². The van der Waals surface area contributed by atoms with E-state index in [0.29, 0.717) is 11.3 Å². The van der Waals surface area contributed by atoms with Gasteiger partial charge >= 0.3 is 0 Å². The molecule has 2 aliphatic heterocycles. The van der Waals surface area contributed by atoms with Gasteiger partial charge in [-0.25, -0.2) is 0 Å². The highest BCUT2D eigenvalue weighted by Crippen LogP contribution is 2.36. The highest BCUT2D eigenvalue weighted by atomic mass is 32.2. The van der Waals surface area contributed by atoms with Crippen LogP contribution in [0.25, 0.3) is 0 Å². The summed E-state index contributed by atoms with van der Waals surface area (Å²) in [5.41, 5.74) is 2.66. The molecule has 2 aromatic rings. The number of aryl methyl sites for hydroxylation is 1. The Morgan fingerprint density at radius 1 is 1.04 bits per heavy atom. The Hall–Kier alpha value is -1.74. The van der Waals surface area contributed by atoms with E-state index in [1.165, 1.54) is 34.7 Å². The Morgan fingerprint density at radius 3 is 2.61 bits per heavy atom. The normalized spacial score (nSPS) is 23.5. The lowest BCUT2D eigenvalue weighted by Gasteiger charge is -2.31. The first-order chi connectivity index (χ1) is 11.3. The third-order valence-electron chi connectivity index (χ3n) is 4.67. The number of fused-ring (bicyclic) bond motifs is 1. The van der Waals surface area contributed by atoms with Gasteiger partial charge in [0.1, 0.15) is 5.84 Å². The molecule has 0 amide bonds. The van der Waals surface area contributed by atoms with Crippen LogP contribution < -0.4 is 0 Å². The van der Waals surface area contributed by atoms with E-state index in [-0.39, 0.29) is 0 Å². The second kappa shape index (κ2) is 6.40. The van der Waals surface area contributed by atoms with Crippen LogP contribution in [0.2, 0.25) is 0 Å². The lowest BCUT2D eigenvalue weighted by molar-refractivity contribution is 0.387. The predicted molar refractivity (Wildman–Crippen MR) is 98.2 cm³/mol. The molecule has 118 valence electrons. The van der Waals surface area contributed by atoms with Crippen LogP contribution in [0.5, 0.6) is 0 Å². The molecule has 0 saturated carbocycles. The average Bonchev–Trinajstić information content (AvgIpc) is 3.03. The number of piperidine rings is 1. The third kappa shape index (κ3) is 3.16. The molecule has 2 atom stereocenters. The summed E-state index contributed by atoms with van der Waals surface area (Å²) in [5, 5.41) is 0.500. The van der Waals surface area contributed by atoms with Gasteiger partial charge < -0.3 is 4.90 Å². The van der Waals surface area contributed by atoms with E-state index in [2.05, 4.69) is 66.4 Å². The summed E-state index contributed by atoms with van der Waals surface area (Å²) in [6.45, 7) is 4.35. The van der Waals surface area contributed by atoms with E-state index in [1.54, 1.807) is 0 Å². The number of benzene rings is 2. The molecule has 2 aliphatic rings. The molecule has 0 radical (unpaired) electrons. The van der Waals surface area contributed by atoms with Gasteiger partial charge in [-0.15, -0.1) is 11.8 Å². The molecular weight excluding hydrogens is 300 g/mol. The maximum absolute atomic E-state index is 5.10. The van der Waals surface area contributed by atoms with Crippen LogP contribution in [0.4, 0.5) is 0 Å². The summed E-state index contributed by atoms with van der Waals surface area (Å²) in [4.78, 5) is 8.96. The van der Waals surface area contributed by atoms with Crippen LogP contribution in [0, 0.1) is 6.92 Å². The van der Waals surface area contributed by atoms with Gasteiger partial charge in [0.2, 0.25) is 0 Å². The number of hydrogen-bond acceptors (Lipinski definition) is 3. The van der Waals surface area contributed by atoms with Crippen molar-refractivity contribution in [1.29, 1.82) is 0 Å². The smallest absolute Gasteiger partial charge is 0.113 e. The van der Waals surface area contributed by atoms with Gasteiger partial charge in [-0.3, -0.25) is 4.99 Å². The highest BCUT2D eigenvalue weighted by molar-refractivity contribution is 8.00. The number of thioether (sulfide) groups is 1. The summed E-state index contributed by atoms with van der Waals surface area (Å²) in [5.74, 6) is 1.32. The molecule has 0 aliphatic carbocycles. The Kier molecular flexibility index (Phi) is 4.13. The molecule has 1 fully saturated rings. The highest BCUT2D eigenvalue weighted by Gasteiger charge is 2.34. The average molecular weight is 322 g/mol. The Bertz CT molecular complexity index is 693. The van der Waals surface area contributed by atoms with Crippen molar-refractivity contribution in [2.45, 2.75) is 36.0 Å². The minimum Gasteiger partial charge on any atom is -0.357 e. The summed E-state index contributed by atoms with van der Waals surface area (Å²) in [7, 11) is 0. The van der Waals surface area contributed by atoms with Crippen molar-refractivity contribution in [2.75, 3.05) is 13.1 Å². The van der Waals surface area contributed by atoms with Gasteiger partial charge in [-0.05, 0) is 37.5 Å². The largest absolute Gasteiger partial charge is 0.357 e. The number of amidine groups is 1. The van der Waals surface area contributed by atoms with Crippen LogP contribution >= 0.6 is 11.8 Å². The SMILES string of the molecule is Cc1ccc(SC2CCCN3CC(c4ccccc4)N=C23)cc1. The zero-order chi connectivity index (χ0) is 15.6. The lowest BCUT2D eigenvalue weighted by atomic mass is 10.1. The minimum atomic E-state index is 0.311. The Morgan fingerprint density at radius 2 is 1.83 bits per heavy atom. The zero-order valence-corrected chi connectivity index (χ0v) is 14.3. The minimum absolute atomic E-state index is 0.311. The Labute approximate surface area is 142 Å². The molecule has 0 bridgehead atoms. The summed E-state index contributed by atoms with van der Waals surface area (Å²) >= 11 is 1.97.